The number of thiophene rings is 1. The van der Waals surface area contributed by atoms with E-state index in [-0.39, 0.29) is 11.8 Å². The minimum Gasteiger partial charge on any atom is -0.347 e. The number of anilines is 1. The molecule has 0 unspecified atom stereocenters. The smallest absolute Gasteiger partial charge is 0.261 e. The predicted octanol–water partition coefficient (Wildman–Crippen LogP) is 3.00. The molecule has 4 rings (SSSR count). The van der Waals surface area contributed by atoms with Crippen LogP contribution in [0.3, 0.4) is 0 Å². The molecule has 1 aliphatic rings. The lowest BCUT2D eigenvalue weighted by Crippen LogP contribution is -2.24. The third kappa shape index (κ3) is 2.99. The number of benzene rings is 1. The number of nitrogens with zero attached hydrogens (tertiary/aromatic N) is 3. The van der Waals surface area contributed by atoms with Gasteiger partial charge in [0, 0.05) is 37.6 Å². The van der Waals surface area contributed by atoms with Gasteiger partial charge in [0.05, 0.1) is 10.6 Å². The van der Waals surface area contributed by atoms with Crippen LogP contribution in [-0.2, 0) is 18.4 Å². The lowest BCUT2D eigenvalue weighted by molar-refractivity contribution is -0.117. The van der Waals surface area contributed by atoms with Gasteiger partial charge in [0.2, 0.25) is 5.91 Å². The molecule has 1 saturated heterocycles. The molecule has 0 atom stereocenters. The Morgan fingerprint density at radius 2 is 2.08 bits per heavy atom. The van der Waals surface area contributed by atoms with Gasteiger partial charge in [0.1, 0.15) is 4.83 Å². The van der Waals surface area contributed by atoms with Crippen molar-refractivity contribution >= 4 is 39.1 Å². The number of amides is 2. The van der Waals surface area contributed by atoms with Gasteiger partial charge >= 0.3 is 0 Å². The van der Waals surface area contributed by atoms with Gasteiger partial charge in [-0.05, 0) is 37.1 Å². The second kappa shape index (κ2) is 6.57. The second-order valence-electron chi connectivity index (χ2n) is 6.54. The van der Waals surface area contributed by atoms with Crippen molar-refractivity contribution in [3.8, 4) is 0 Å². The van der Waals surface area contributed by atoms with E-state index in [1.165, 1.54) is 11.3 Å². The minimum absolute atomic E-state index is 0.0793. The number of carbonyl (C=O) groups is 2. The van der Waals surface area contributed by atoms with Crippen LogP contribution in [0, 0.1) is 6.92 Å². The van der Waals surface area contributed by atoms with Gasteiger partial charge in [-0.2, -0.15) is 5.10 Å². The maximum Gasteiger partial charge on any atom is 0.261 e. The van der Waals surface area contributed by atoms with Gasteiger partial charge in [-0.3, -0.25) is 14.3 Å². The molecule has 3 heterocycles. The largest absolute Gasteiger partial charge is 0.347 e. The highest BCUT2D eigenvalue weighted by molar-refractivity contribution is 7.20. The zero-order chi connectivity index (χ0) is 18.3. The zero-order valence-corrected chi connectivity index (χ0v) is 15.6. The van der Waals surface area contributed by atoms with E-state index >= 15 is 0 Å². The van der Waals surface area contributed by atoms with E-state index in [2.05, 4.69) is 10.4 Å². The molecule has 0 spiro atoms. The van der Waals surface area contributed by atoms with Gasteiger partial charge in [-0.1, -0.05) is 12.1 Å². The van der Waals surface area contributed by atoms with Crippen molar-refractivity contribution in [1.29, 1.82) is 0 Å². The summed E-state index contributed by atoms with van der Waals surface area (Å²) in [5.74, 6) is 0.102. The molecule has 7 heteroatoms. The molecule has 0 aliphatic carbocycles. The number of nitrogens with one attached hydrogen (secondary N) is 1. The van der Waals surface area contributed by atoms with Crippen LogP contribution in [0.1, 0.15) is 33.8 Å². The molecule has 0 bridgehead atoms. The summed E-state index contributed by atoms with van der Waals surface area (Å²) in [5, 5.41) is 8.35. The van der Waals surface area contributed by atoms with Crippen LogP contribution in [-0.4, -0.2) is 28.1 Å². The van der Waals surface area contributed by atoms with E-state index in [1.54, 1.807) is 0 Å². The van der Waals surface area contributed by atoms with Crippen LogP contribution in [0.15, 0.2) is 30.3 Å². The topological polar surface area (TPSA) is 67.2 Å². The van der Waals surface area contributed by atoms with E-state index in [9.17, 15) is 9.59 Å². The third-order valence-electron chi connectivity index (χ3n) is 4.69. The summed E-state index contributed by atoms with van der Waals surface area (Å²) in [6.45, 7) is 3.19. The monoisotopic (exact) mass is 368 g/mol. The maximum atomic E-state index is 12.4. The summed E-state index contributed by atoms with van der Waals surface area (Å²) in [5.41, 5.74) is 2.87. The van der Waals surface area contributed by atoms with Crippen LogP contribution in [0.2, 0.25) is 0 Å². The molecule has 6 nitrogen and oxygen atoms in total. The first-order valence-electron chi connectivity index (χ1n) is 8.63. The Hall–Kier alpha value is -2.67. The molecule has 3 aromatic rings. The molecule has 2 aromatic heterocycles. The van der Waals surface area contributed by atoms with Crippen LogP contribution in [0.5, 0.6) is 0 Å². The Morgan fingerprint density at radius 3 is 2.73 bits per heavy atom. The maximum absolute atomic E-state index is 12.4. The first kappa shape index (κ1) is 16.8. The van der Waals surface area contributed by atoms with E-state index in [0.29, 0.717) is 17.8 Å². The van der Waals surface area contributed by atoms with E-state index < -0.39 is 0 Å². The Labute approximate surface area is 155 Å². The van der Waals surface area contributed by atoms with Crippen molar-refractivity contribution in [3.63, 3.8) is 0 Å². The fourth-order valence-corrected chi connectivity index (χ4v) is 4.34. The summed E-state index contributed by atoms with van der Waals surface area (Å²) < 4.78 is 1.81. The standard InChI is InChI=1S/C19H20N4O2S/c1-12-15-10-16(26-19(15)22(2)21-12)18(25)20-11-13-5-7-14(8-6-13)23-9-3-4-17(23)24/h5-8,10H,3-4,9,11H2,1-2H3,(H,20,25). The quantitative estimate of drug-likeness (QED) is 0.770. The zero-order valence-electron chi connectivity index (χ0n) is 14.8. The van der Waals surface area contributed by atoms with Crippen LogP contribution in [0.4, 0.5) is 5.69 Å². The molecule has 26 heavy (non-hydrogen) atoms. The van der Waals surface area contributed by atoms with Gasteiger partial charge < -0.3 is 10.2 Å². The average Bonchev–Trinajstić information content (AvgIpc) is 3.32. The molecule has 1 N–H and O–H groups in total. The summed E-state index contributed by atoms with van der Waals surface area (Å²) in [6, 6.07) is 9.71. The van der Waals surface area contributed by atoms with Gasteiger partial charge in [0.25, 0.3) is 5.91 Å². The number of aryl methyl sites for hydroxylation is 2. The lowest BCUT2D eigenvalue weighted by Gasteiger charge is -2.16. The van der Waals surface area contributed by atoms with Crippen molar-refractivity contribution in [2.24, 2.45) is 7.05 Å². The van der Waals surface area contributed by atoms with Crippen molar-refractivity contribution in [3.05, 3.63) is 46.5 Å². The lowest BCUT2D eigenvalue weighted by atomic mass is 10.2. The van der Waals surface area contributed by atoms with Crippen LogP contribution < -0.4 is 10.2 Å². The normalized spacial score (nSPS) is 14.4. The van der Waals surface area contributed by atoms with Crippen molar-refractivity contribution in [1.82, 2.24) is 15.1 Å². The van der Waals surface area contributed by atoms with Crippen molar-refractivity contribution in [2.45, 2.75) is 26.3 Å². The molecule has 1 aliphatic heterocycles. The molecule has 0 radical (unpaired) electrons. The Morgan fingerprint density at radius 1 is 1.31 bits per heavy atom. The predicted molar refractivity (Wildman–Crippen MR) is 103 cm³/mol. The van der Waals surface area contributed by atoms with Crippen LogP contribution >= 0.6 is 11.3 Å². The summed E-state index contributed by atoms with van der Waals surface area (Å²) in [4.78, 5) is 27.8. The highest BCUT2D eigenvalue weighted by atomic mass is 32.1. The molecule has 0 saturated carbocycles. The fraction of sp³-hybridized carbons (Fsp3) is 0.316. The molecule has 1 fully saturated rings. The molecular weight excluding hydrogens is 348 g/mol. The Bertz CT molecular complexity index is 953. The van der Waals surface area contributed by atoms with Gasteiger partial charge in [0.15, 0.2) is 0 Å². The minimum atomic E-state index is -0.0793. The number of rotatable bonds is 4. The Balaban J connectivity index is 1.42. The first-order chi connectivity index (χ1) is 12.5. The summed E-state index contributed by atoms with van der Waals surface area (Å²) in [6.07, 6.45) is 1.54. The number of fused-ring (bicyclic) bond motifs is 1. The molecule has 2 amide bonds. The number of hydrogen-bond acceptors (Lipinski definition) is 4. The Kier molecular flexibility index (Phi) is 4.24. The highest BCUT2D eigenvalue weighted by Gasteiger charge is 2.21. The SMILES string of the molecule is Cc1nn(C)c2sc(C(=O)NCc3ccc(N4CCCC4=O)cc3)cc12. The molecular formula is C19H20N4O2S. The van der Waals surface area contributed by atoms with Crippen molar-refractivity contribution < 1.29 is 9.59 Å². The summed E-state index contributed by atoms with van der Waals surface area (Å²) >= 11 is 1.45. The van der Waals surface area contributed by atoms with Gasteiger partial charge in [-0.15, -0.1) is 11.3 Å². The van der Waals surface area contributed by atoms with Gasteiger partial charge in [-0.25, -0.2) is 0 Å². The average molecular weight is 368 g/mol. The van der Waals surface area contributed by atoms with E-state index in [0.717, 1.165) is 40.1 Å². The third-order valence-corrected chi connectivity index (χ3v) is 5.90. The first-order valence-corrected chi connectivity index (χ1v) is 9.45. The second-order valence-corrected chi connectivity index (χ2v) is 7.57. The molecule has 134 valence electrons. The number of carbonyl (C=O) groups excluding carboxylic acids is 2. The number of aromatic nitrogens is 2. The highest BCUT2D eigenvalue weighted by Crippen LogP contribution is 2.27. The van der Waals surface area contributed by atoms with Crippen LogP contribution in [0.25, 0.3) is 10.2 Å². The number of hydrogen-bond donors (Lipinski definition) is 1. The van der Waals surface area contributed by atoms with E-state index in [1.807, 2.05) is 53.9 Å². The molecule has 1 aromatic carbocycles. The summed E-state index contributed by atoms with van der Waals surface area (Å²) in [7, 11) is 1.89. The van der Waals surface area contributed by atoms with E-state index in [4.69, 9.17) is 0 Å². The van der Waals surface area contributed by atoms with Crippen molar-refractivity contribution in [2.75, 3.05) is 11.4 Å². The fourth-order valence-electron chi connectivity index (χ4n) is 3.30.